The molecule has 0 aromatic rings. The lowest BCUT2D eigenvalue weighted by molar-refractivity contribution is -0.161. The molecule has 0 aliphatic rings. The van der Waals surface area contributed by atoms with Gasteiger partial charge in [-0.3, -0.25) is 37.3 Å². The maximum atomic E-state index is 13.1. The van der Waals surface area contributed by atoms with Crippen LogP contribution in [-0.4, -0.2) is 96.7 Å². The third-order valence-corrected chi connectivity index (χ3v) is 19.2. The van der Waals surface area contributed by atoms with Gasteiger partial charge in [-0.2, -0.15) is 0 Å². The van der Waals surface area contributed by atoms with E-state index >= 15 is 0 Å². The third-order valence-electron chi connectivity index (χ3n) is 17.3. The molecule has 19 heteroatoms. The Morgan fingerprint density at radius 1 is 0.315 bits per heavy atom. The summed E-state index contributed by atoms with van der Waals surface area (Å²) in [5, 5.41) is 10.6. The minimum atomic E-state index is -4.95. The molecule has 0 bridgehead atoms. The number of aliphatic hydroxyl groups is 1. The van der Waals surface area contributed by atoms with Crippen molar-refractivity contribution in [2.24, 2.45) is 11.8 Å². The number of hydrogen-bond acceptors (Lipinski definition) is 15. The Morgan fingerprint density at radius 3 is 0.826 bits per heavy atom. The number of esters is 4. The van der Waals surface area contributed by atoms with Crippen LogP contribution < -0.4 is 0 Å². The highest BCUT2D eigenvalue weighted by molar-refractivity contribution is 7.47. The van der Waals surface area contributed by atoms with Crippen LogP contribution in [0.2, 0.25) is 0 Å². The first kappa shape index (κ1) is 90.1. The van der Waals surface area contributed by atoms with Crippen molar-refractivity contribution < 1.29 is 80.2 Å². The van der Waals surface area contributed by atoms with Crippen LogP contribution in [0.4, 0.5) is 0 Å². The Kier molecular flexibility index (Phi) is 63.7. The zero-order chi connectivity index (χ0) is 67.9. The third kappa shape index (κ3) is 65.4. The van der Waals surface area contributed by atoms with E-state index in [1.54, 1.807) is 0 Å². The van der Waals surface area contributed by atoms with Crippen molar-refractivity contribution in [1.82, 2.24) is 0 Å². The van der Waals surface area contributed by atoms with Gasteiger partial charge in [-0.15, -0.1) is 0 Å². The average Bonchev–Trinajstić information content (AvgIpc) is 3.47. The van der Waals surface area contributed by atoms with E-state index in [1.165, 1.54) is 186 Å². The number of hydrogen-bond donors (Lipinski definition) is 3. The van der Waals surface area contributed by atoms with Crippen molar-refractivity contribution in [2.75, 3.05) is 39.6 Å². The maximum absolute atomic E-state index is 13.1. The van der Waals surface area contributed by atoms with Crippen LogP contribution >= 0.6 is 15.6 Å². The molecule has 0 rings (SSSR count). The SMILES string of the molecule is CCCCCCCCCCCCCCCCCCCCC(=O)O[C@H](COC(=O)CCCCCCCCCCCCC(C)C)COP(=O)(O)OC[C@@H](O)COP(=O)(O)OC[C@@H](COC(=O)CCCCCCCCC(C)CC)OC(=O)CCCCCCCCCCCCC. The van der Waals surface area contributed by atoms with E-state index in [4.69, 9.17) is 37.0 Å². The van der Waals surface area contributed by atoms with Crippen LogP contribution in [0.25, 0.3) is 0 Å². The van der Waals surface area contributed by atoms with Gasteiger partial charge in [0.15, 0.2) is 12.2 Å². The molecule has 6 atom stereocenters. The molecule has 546 valence electrons. The smallest absolute Gasteiger partial charge is 0.462 e. The summed E-state index contributed by atoms with van der Waals surface area (Å²) in [6.45, 7) is 9.52. The lowest BCUT2D eigenvalue weighted by atomic mass is 10.00. The van der Waals surface area contributed by atoms with E-state index in [1.807, 2.05) is 0 Å². The standard InChI is InChI=1S/C73H142O17P2/c1-7-10-12-14-16-18-20-21-22-23-24-25-26-28-34-38-46-52-58-73(78)89-68(61-83-70(75)55-49-43-36-32-30-29-31-35-41-47-53-65(4)5)63-87-91(79,80)85-59-67(74)60-86-92(81,82)88-64-69(62-84-71(76)56-50-44-40-39-42-48-54-66(6)9-3)90-72(77)57-51-45-37-33-27-19-17-15-13-11-8-2/h65-69,74H,7-64H2,1-6H3,(H,79,80)(H,81,82)/t66?,67-,68-,69-/m1/s1. The molecule has 92 heavy (non-hydrogen) atoms. The Bertz CT molecular complexity index is 1790. The number of carbonyl (C=O) groups excluding carboxylic acids is 4. The Hall–Kier alpha value is -1.94. The molecule has 0 saturated heterocycles. The summed E-state index contributed by atoms with van der Waals surface area (Å²) < 4.78 is 68.4. The van der Waals surface area contributed by atoms with Gasteiger partial charge >= 0.3 is 39.5 Å². The molecule has 0 aliphatic carbocycles. The summed E-state index contributed by atoms with van der Waals surface area (Å²) in [6, 6.07) is 0. The molecule has 0 aromatic heterocycles. The Labute approximate surface area is 562 Å². The van der Waals surface area contributed by atoms with Crippen LogP contribution in [0, 0.1) is 11.8 Å². The molecule has 0 aromatic carbocycles. The van der Waals surface area contributed by atoms with Crippen molar-refractivity contribution in [2.45, 2.75) is 394 Å². The molecular formula is C73H142O17P2. The molecule has 0 amide bonds. The van der Waals surface area contributed by atoms with Gasteiger partial charge in [0.1, 0.15) is 19.3 Å². The summed E-state index contributed by atoms with van der Waals surface area (Å²) in [5.74, 6) is -0.631. The molecule has 0 fully saturated rings. The van der Waals surface area contributed by atoms with Gasteiger partial charge in [-0.25, -0.2) is 9.13 Å². The van der Waals surface area contributed by atoms with Crippen LogP contribution in [0.3, 0.4) is 0 Å². The van der Waals surface area contributed by atoms with E-state index in [2.05, 4.69) is 41.5 Å². The Balaban J connectivity index is 5.23. The molecule has 0 spiro atoms. The van der Waals surface area contributed by atoms with E-state index in [0.29, 0.717) is 25.7 Å². The number of unbranched alkanes of at least 4 members (excludes halogenated alkanes) is 41. The monoisotopic (exact) mass is 1350 g/mol. The highest BCUT2D eigenvalue weighted by Crippen LogP contribution is 2.45. The lowest BCUT2D eigenvalue weighted by Gasteiger charge is -2.21. The van der Waals surface area contributed by atoms with Crippen molar-refractivity contribution >= 4 is 39.5 Å². The second kappa shape index (κ2) is 65.0. The topological polar surface area (TPSA) is 237 Å². The predicted octanol–water partition coefficient (Wildman–Crippen LogP) is 21.2. The Morgan fingerprint density at radius 2 is 0.554 bits per heavy atom. The van der Waals surface area contributed by atoms with Crippen LogP contribution in [0.5, 0.6) is 0 Å². The van der Waals surface area contributed by atoms with Gasteiger partial charge in [0, 0.05) is 25.7 Å². The van der Waals surface area contributed by atoms with Crippen molar-refractivity contribution in [3.8, 4) is 0 Å². The summed E-state index contributed by atoms with van der Waals surface area (Å²) >= 11 is 0. The molecule has 0 aliphatic heterocycles. The zero-order valence-corrected chi connectivity index (χ0v) is 61.6. The van der Waals surface area contributed by atoms with E-state index in [0.717, 1.165) is 108 Å². The van der Waals surface area contributed by atoms with Gasteiger partial charge in [0.05, 0.1) is 26.4 Å². The first-order valence-corrected chi connectivity index (χ1v) is 41.0. The van der Waals surface area contributed by atoms with E-state index in [9.17, 15) is 43.2 Å². The summed E-state index contributed by atoms with van der Waals surface area (Å²) in [4.78, 5) is 72.6. The second-order valence-electron chi connectivity index (χ2n) is 27.1. The highest BCUT2D eigenvalue weighted by Gasteiger charge is 2.30. The minimum Gasteiger partial charge on any atom is -0.462 e. The summed E-state index contributed by atoms with van der Waals surface area (Å²) in [6.07, 6.45) is 51.3. The van der Waals surface area contributed by atoms with E-state index in [-0.39, 0.29) is 25.7 Å². The average molecular weight is 1350 g/mol. The van der Waals surface area contributed by atoms with Crippen molar-refractivity contribution in [3.63, 3.8) is 0 Å². The fourth-order valence-electron chi connectivity index (χ4n) is 11.1. The summed E-state index contributed by atoms with van der Waals surface area (Å²) in [7, 11) is -9.90. The van der Waals surface area contributed by atoms with Crippen molar-refractivity contribution in [1.29, 1.82) is 0 Å². The maximum Gasteiger partial charge on any atom is 0.472 e. The number of aliphatic hydroxyl groups excluding tert-OH is 1. The minimum absolute atomic E-state index is 0.106. The summed E-state index contributed by atoms with van der Waals surface area (Å²) in [5.41, 5.74) is 0. The van der Waals surface area contributed by atoms with Gasteiger partial charge in [0.2, 0.25) is 0 Å². The van der Waals surface area contributed by atoms with Gasteiger partial charge in [-0.1, -0.05) is 324 Å². The fraction of sp³-hybridized carbons (Fsp3) is 0.945. The number of phosphoric ester groups is 2. The first-order valence-electron chi connectivity index (χ1n) is 38.0. The van der Waals surface area contributed by atoms with Crippen LogP contribution in [0.15, 0.2) is 0 Å². The number of carbonyl (C=O) groups is 4. The molecule has 17 nitrogen and oxygen atoms in total. The molecule has 0 saturated carbocycles. The molecule has 0 radical (unpaired) electrons. The molecule has 3 unspecified atom stereocenters. The first-order chi connectivity index (χ1) is 44.4. The quantitative estimate of drug-likeness (QED) is 0.0222. The second-order valence-corrected chi connectivity index (χ2v) is 30.0. The largest absolute Gasteiger partial charge is 0.472 e. The van der Waals surface area contributed by atoms with Gasteiger partial charge in [0.25, 0.3) is 0 Å². The normalized spacial score (nSPS) is 14.4. The highest BCUT2D eigenvalue weighted by atomic mass is 31.2. The zero-order valence-electron chi connectivity index (χ0n) is 59.9. The number of rotatable bonds is 72. The van der Waals surface area contributed by atoms with Gasteiger partial charge in [-0.05, 0) is 37.5 Å². The fourth-order valence-corrected chi connectivity index (χ4v) is 12.7. The molecule has 3 N–H and O–H groups in total. The lowest BCUT2D eigenvalue weighted by Crippen LogP contribution is -2.30. The number of phosphoric acid groups is 2. The van der Waals surface area contributed by atoms with Gasteiger partial charge < -0.3 is 33.8 Å². The number of ether oxygens (including phenoxy) is 4. The molecular weight excluding hydrogens is 1210 g/mol. The van der Waals surface area contributed by atoms with Crippen LogP contribution in [-0.2, 0) is 65.4 Å². The van der Waals surface area contributed by atoms with Crippen molar-refractivity contribution in [3.05, 3.63) is 0 Å². The van der Waals surface area contributed by atoms with Crippen LogP contribution in [0.1, 0.15) is 375 Å². The van der Waals surface area contributed by atoms with E-state index < -0.39 is 97.5 Å². The molecule has 0 heterocycles. The predicted molar refractivity (Wildman–Crippen MR) is 372 cm³/mol.